The number of nitrogens with zero attached hydrogens (tertiary/aromatic N) is 1. The second-order valence-corrected chi connectivity index (χ2v) is 6.69. The van der Waals surface area contributed by atoms with Gasteiger partial charge < -0.3 is 0 Å². The molecule has 2 nitrogen and oxygen atoms in total. The molecule has 6 heteroatoms. The zero-order valence-electron chi connectivity index (χ0n) is 10.6. The van der Waals surface area contributed by atoms with Crippen molar-refractivity contribution in [2.45, 2.75) is 32.4 Å². The summed E-state index contributed by atoms with van der Waals surface area (Å²) in [6.45, 7) is 6.41. The molecule has 1 atom stereocenters. The van der Waals surface area contributed by atoms with Crippen LogP contribution in [-0.4, -0.2) is 14.7 Å². The van der Waals surface area contributed by atoms with Gasteiger partial charge >= 0.3 is 0 Å². The van der Waals surface area contributed by atoms with Gasteiger partial charge in [0.25, 0.3) is 0 Å². The molecule has 0 aliphatic heterocycles. The van der Waals surface area contributed by atoms with E-state index in [0.717, 1.165) is 0 Å². The second kappa shape index (κ2) is 5.22. The maximum Gasteiger partial charge on any atom is 0.145 e. The zero-order chi connectivity index (χ0) is 14.1. The van der Waals surface area contributed by atoms with Crippen molar-refractivity contribution in [3.8, 4) is 0 Å². The molecule has 0 aliphatic carbocycles. The van der Waals surface area contributed by atoms with Gasteiger partial charge in [0, 0.05) is 12.1 Å². The van der Waals surface area contributed by atoms with Gasteiger partial charge in [-0.25, -0.2) is 17.4 Å². The van der Waals surface area contributed by atoms with Gasteiger partial charge in [-0.05, 0) is 27.7 Å². The topological polar surface area (TPSA) is 29.4 Å². The first kappa shape index (κ1) is 14.9. The van der Waals surface area contributed by atoms with E-state index in [-0.39, 0.29) is 5.71 Å². The monoisotopic (exact) mass is 277 g/mol. The normalized spacial score (nSPS) is 14.7. The number of rotatable bonds is 2. The van der Waals surface area contributed by atoms with Crippen molar-refractivity contribution in [1.82, 2.24) is 0 Å². The molecular weight excluding hydrogens is 263 g/mol. The minimum atomic E-state index is -1.63. The van der Waals surface area contributed by atoms with E-state index in [4.69, 9.17) is 0 Å². The first-order valence-corrected chi connectivity index (χ1v) is 6.36. The van der Waals surface area contributed by atoms with Gasteiger partial charge in [0.15, 0.2) is 0 Å². The highest BCUT2D eigenvalue weighted by atomic mass is 32.2. The molecule has 0 spiro atoms. The van der Waals surface area contributed by atoms with E-state index in [0.29, 0.717) is 12.1 Å². The van der Waals surface area contributed by atoms with Crippen LogP contribution in [0.25, 0.3) is 0 Å². The summed E-state index contributed by atoms with van der Waals surface area (Å²) in [5.74, 6) is -3.11. The van der Waals surface area contributed by atoms with Crippen molar-refractivity contribution in [3.05, 3.63) is 35.1 Å². The molecule has 1 rings (SSSR count). The molecule has 0 saturated heterocycles. The van der Waals surface area contributed by atoms with E-state index in [1.165, 1.54) is 6.92 Å². The van der Waals surface area contributed by atoms with Gasteiger partial charge in [-0.1, -0.05) is 0 Å². The Morgan fingerprint density at radius 2 is 1.61 bits per heavy atom. The molecule has 0 fully saturated rings. The van der Waals surface area contributed by atoms with E-state index in [1.54, 1.807) is 20.8 Å². The predicted octanol–water partition coefficient (Wildman–Crippen LogP) is 3.38. The molecule has 0 heterocycles. The summed E-state index contributed by atoms with van der Waals surface area (Å²) in [5, 5.41) is 0. The molecule has 0 bridgehead atoms. The maximum atomic E-state index is 13.4. The minimum Gasteiger partial charge on any atom is -0.234 e. The predicted molar refractivity (Wildman–Crippen MR) is 66.4 cm³/mol. The molecule has 0 saturated carbocycles. The Hall–Kier alpha value is -1.17. The Labute approximate surface area is 107 Å². The number of benzene rings is 1. The van der Waals surface area contributed by atoms with E-state index >= 15 is 0 Å². The van der Waals surface area contributed by atoms with E-state index < -0.39 is 38.7 Å². The highest BCUT2D eigenvalue weighted by molar-refractivity contribution is 7.85. The van der Waals surface area contributed by atoms with E-state index in [1.807, 2.05) is 0 Å². The van der Waals surface area contributed by atoms with Crippen molar-refractivity contribution in [3.63, 3.8) is 0 Å². The molecule has 0 N–H and O–H groups in total. The molecule has 1 aromatic carbocycles. The summed E-state index contributed by atoms with van der Waals surface area (Å²) in [5.41, 5.74) is -0.507. The highest BCUT2D eigenvalue weighted by Crippen LogP contribution is 2.18. The average Bonchev–Trinajstić information content (AvgIpc) is 2.13. The largest absolute Gasteiger partial charge is 0.234 e. The summed E-state index contributed by atoms with van der Waals surface area (Å²) in [7, 11) is -1.63. The SMILES string of the molecule is C/C(=N\S(=O)C(C)(C)C)c1c(F)cc(F)cc1F. The van der Waals surface area contributed by atoms with Crippen LogP contribution in [-0.2, 0) is 11.0 Å². The van der Waals surface area contributed by atoms with Crippen LogP contribution >= 0.6 is 0 Å². The van der Waals surface area contributed by atoms with Crippen molar-refractivity contribution >= 4 is 16.7 Å². The Morgan fingerprint density at radius 3 is 2.00 bits per heavy atom. The van der Waals surface area contributed by atoms with Gasteiger partial charge in [-0.3, -0.25) is 0 Å². The highest BCUT2D eigenvalue weighted by Gasteiger charge is 2.21. The van der Waals surface area contributed by atoms with Gasteiger partial charge in [-0.15, -0.1) is 0 Å². The summed E-state index contributed by atoms with van der Waals surface area (Å²) in [4.78, 5) is 0. The van der Waals surface area contributed by atoms with Crippen LogP contribution in [0, 0.1) is 17.5 Å². The number of hydrogen-bond acceptors (Lipinski definition) is 1. The molecule has 0 aromatic heterocycles. The zero-order valence-corrected chi connectivity index (χ0v) is 11.4. The van der Waals surface area contributed by atoms with Crippen molar-refractivity contribution < 1.29 is 17.4 Å². The van der Waals surface area contributed by atoms with Gasteiger partial charge in [-0.2, -0.15) is 4.40 Å². The maximum absolute atomic E-state index is 13.4. The number of halogens is 3. The molecular formula is C12H14F3NOS. The Balaban J connectivity index is 3.24. The van der Waals surface area contributed by atoms with Crippen LogP contribution in [0.4, 0.5) is 13.2 Å². The van der Waals surface area contributed by atoms with Gasteiger partial charge in [0.2, 0.25) is 0 Å². The molecule has 0 aliphatic rings. The fourth-order valence-electron chi connectivity index (χ4n) is 1.19. The average molecular weight is 277 g/mol. The quantitative estimate of drug-likeness (QED) is 0.762. The Morgan fingerprint density at radius 1 is 1.17 bits per heavy atom. The van der Waals surface area contributed by atoms with Gasteiger partial charge in [0.05, 0.1) is 16.0 Å². The molecule has 0 amide bonds. The number of hydrogen-bond donors (Lipinski definition) is 0. The molecule has 1 unspecified atom stereocenters. The lowest BCUT2D eigenvalue weighted by Gasteiger charge is -2.14. The van der Waals surface area contributed by atoms with Crippen molar-refractivity contribution in [2.24, 2.45) is 4.40 Å². The molecule has 1 aromatic rings. The first-order valence-electron chi connectivity index (χ1n) is 5.25. The molecule has 18 heavy (non-hydrogen) atoms. The third-order valence-electron chi connectivity index (χ3n) is 2.11. The van der Waals surface area contributed by atoms with Gasteiger partial charge in [0.1, 0.15) is 28.4 Å². The molecule has 0 radical (unpaired) electrons. The lowest BCUT2D eigenvalue weighted by Crippen LogP contribution is -2.21. The summed E-state index contributed by atoms with van der Waals surface area (Å²) in [6, 6.07) is 1.13. The van der Waals surface area contributed by atoms with E-state index in [9.17, 15) is 17.4 Å². The summed E-state index contributed by atoms with van der Waals surface area (Å²) < 4.78 is 54.5. The van der Waals surface area contributed by atoms with Crippen LogP contribution in [0.15, 0.2) is 16.5 Å². The van der Waals surface area contributed by atoms with Crippen molar-refractivity contribution in [1.29, 1.82) is 0 Å². The minimum absolute atomic E-state index is 0.0572. The smallest absolute Gasteiger partial charge is 0.145 e. The van der Waals surface area contributed by atoms with E-state index in [2.05, 4.69) is 4.40 Å². The van der Waals surface area contributed by atoms with Crippen molar-refractivity contribution in [2.75, 3.05) is 0 Å². The Bertz CT molecular complexity index is 498. The van der Waals surface area contributed by atoms with Crippen LogP contribution in [0.1, 0.15) is 33.3 Å². The lowest BCUT2D eigenvalue weighted by atomic mass is 10.1. The van der Waals surface area contributed by atoms with Crippen LogP contribution in [0.5, 0.6) is 0 Å². The van der Waals surface area contributed by atoms with Crippen LogP contribution in [0.3, 0.4) is 0 Å². The fraction of sp³-hybridized carbons (Fsp3) is 0.417. The molecule has 100 valence electrons. The standard InChI is InChI=1S/C12H14F3NOS/c1-7(16-18(17)12(2,3)4)11-9(14)5-8(13)6-10(11)15/h5-6H,1-4H3/b16-7+. The van der Waals surface area contributed by atoms with Crippen LogP contribution in [0.2, 0.25) is 0 Å². The lowest BCUT2D eigenvalue weighted by molar-refractivity contribution is 0.540. The summed E-state index contributed by atoms with van der Waals surface area (Å²) >= 11 is 0. The fourth-order valence-corrected chi connectivity index (χ4v) is 1.81. The third-order valence-corrected chi connectivity index (χ3v) is 3.60. The van der Waals surface area contributed by atoms with Crippen LogP contribution < -0.4 is 0 Å². The summed E-state index contributed by atoms with van der Waals surface area (Å²) in [6.07, 6.45) is 0. The first-order chi connectivity index (χ1) is 8.12. The third kappa shape index (κ3) is 3.41. The Kier molecular flexibility index (Phi) is 4.32. The second-order valence-electron chi connectivity index (χ2n) is 4.78.